The Morgan fingerprint density at radius 3 is 2.77 bits per heavy atom. The van der Waals surface area contributed by atoms with Crippen LogP contribution in [0.4, 0.5) is 0 Å². The topological polar surface area (TPSA) is 87.2 Å². The molecule has 0 aliphatic rings. The number of oxazole rings is 1. The highest BCUT2D eigenvalue weighted by molar-refractivity contribution is 5.87. The van der Waals surface area contributed by atoms with E-state index in [1.807, 2.05) is 18.2 Å². The first-order valence-electron chi connectivity index (χ1n) is 6.65. The third-order valence-corrected chi connectivity index (χ3v) is 3.11. The minimum atomic E-state index is -0.668. The number of hydrogen-bond acceptors (Lipinski definition) is 6. The number of carbonyl (C=O) groups is 1. The van der Waals surface area contributed by atoms with Crippen LogP contribution in [0.2, 0.25) is 0 Å². The molecule has 1 atom stereocenters. The summed E-state index contributed by atoms with van der Waals surface area (Å²) in [6.45, 7) is 1.66. The van der Waals surface area contributed by atoms with Crippen molar-refractivity contribution in [2.75, 3.05) is 0 Å². The van der Waals surface area contributed by atoms with E-state index in [2.05, 4.69) is 10.1 Å². The van der Waals surface area contributed by atoms with Gasteiger partial charge in [-0.3, -0.25) is 4.79 Å². The Balaban J connectivity index is 1.80. The molecule has 0 fully saturated rings. The molecule has 3 rings (SSSR count). The number of para-hydroxylation sites is 2. The second-order valence-electron chi connectivity index (χ2n) is 4.75. The molecule has 0 radical (unpaired) electrons. The summed E-state index contributed by atoms with van der Waals surface area (Å²) in [6.07, 6.45) is -0.668. The molecule has 2 aromatic heterocycles. The largest absolute Gasteiger partial charge is 0.448 e. The highest BCUT2D eigenvalue weighted by Gasteiger charge is 2.20. The smallest absolute Gasteiger partial charge is 0.359 e. The van der Waals surface area contributed by atoms with Crippen molar-refractivity contribution in [3.8, 4) is 0 Å². The van der Waals surface area contributed by atoms with Crippen LogP contribution in [0, 0.1) is 0 Å². The Morgan fingerprint density at radius 1 is 1.27 bits per heavy atom. The van der Waals surface area contributed by atoms with Crippen molar-refractivity contribution in [1.82, 2.24) is 14.8 Å². The monoisotopic (exact) mass is 299 g/mol. The summed E-state index contributed by atoms with van der Waals surface area (Å²) in [5.41, 5.74) is 1.06. The summed E-state index contributed by atoms with van der Waals surface area (Å²) in [4.78, 5) is 27.6. The van der Waals surface area contributed by atoms with Crippen molar-refractivity contribution < 1.29 is 13.9 Å². The predicted octanol–water partition coefficient (Wildman–Crippen LogP) is 1.84. The van der Waals surface area contributed by atoms with E-state index in [-0.39, 0.29) is 11.3 Å². The van der Waals surface area contributed by atoms with Crippen molar-refractivity contribution in [2.24, 2.45) is 7.05 Å². The number of hydrogen-bond donors (Lipinski definition) is 0. The number of nitrogens with zero attached hydrogens (tertiary/aromatic N) is 3. The van der Waals surface area contributed by atoms with Gasteiger partial charge in [0.05, 0.1) is 0 Å². The standard InChI is InChI=1S/C15H13N3O4/c1-9(14-16-10-5-3-4-6-12(10)22-14)21-15(20)11-7-8-13(19)18(2)17-11/h3-9H,1-2H3. The van der Waals surface area contributed by atoms with Gasteiger partial charge in [0.1, 0.15) is 5.52 Å². The number of fused-ring (bicyclic) bond motifs is 1. The molecule has 7 nitrogen and oxygen atoms in total. The molecule has 0 aliphatic heterocycles. The molecule has 7 heteroatoms. The van der Waals surface area contributed by atoms with Gasteiger partial charge in [-0.1, -0.05) is 12.1 Å². The van der Waals surface area contributed by atoms with Crippen LogP contribution >= 0.6 is 0 Å². The summed E-state index contributed by atoms with van der Waals surface area (Å²) in [5, 5.41) is 3.84. The van der Waals surface area contributed by atoms with Crippen molar-refractivity contribution in [3.05, 3.63) is 58.3 Å². The molecule has 2 heterocycles. The van der Waals surface area contributed by atoms with Gasteiger partial charge in [-0.25, -0.2) is 14.5 Å². The van der Waals surface area contributed by atoms with Gasteiger partial charge in [-0.15, -0.1) is 0 Å². The van der Waals surface area contributed by atoms with E-state index in [1.54, 1.807) is 13.0 Å². The summed E-state index contributed by atoms with van der Waals surface area (Å²) in [6, 6.07) is 9.86. The molecule has 1 unspecified atom stereocenters. The van der Waals surface area contributed by atoms with Crippen LogP contribution < -0.4 is 5.56 Å². The van der Waals surface area contributed by atoms with Gasteiger partial charge in [-0.05, 0) is 25.1 Å². The zero-order valence-electron chi connectivity index (χ0n) is 12.0. The van der Waals surface area contributed by atoms with Crippen molar-refractivity contribution in [3.63, 3.8) is 0 Å². The van der Waals surface area contributed by atoms with Gasteiger partial charge in [0.25, 0.3) is 5.56 Å². The summed E-state index contributed by atoms with van der Waals surface area (Å²) in [5.74, 6) is -0.343. The van der Waals surface area contributed by atoms with Crippen LogP contribution in [0.25, 0.3) is 11.1 Å². The van der Waals surface area contributed by atoms with Crippen LogP contribution in [0.1, 0.15) is 29.4 Å². The summed E-state index contributed by atoms with van der Waals surface area (Å²) >= 11 is 0. The van der Waals surface area contributed by atoms with E-state index in [0.29, 0.717) is 17.0 Å². The maximum absolute atomic E-state index is 12.0. The third-order valence-electron chi connectivity index (χ3n) is 3.11. The molecule has 112 valence electrons. The van der Waals surface area contributed by atoms with Crippen LogP contribution in [-0.4, -0.2) is 20.7 Å². The Morgan fingerprint density at radius 2 is 2.05 bits per heavy atom. The lowest BCUT2D eigenvalue weighted by molar-refractivity contribution is 0.0273. The highest BCUT2D eigenvalue weighted by Crippen LogP contribution is 2.22. The minimum absolute atomic E-state index is 0.0464. The quantitative estimate of drug-likeness (QED) is 0.686. The summed E-state index contributed by atoms with van der Waals surface area (Å²) < 4.78 is 11.9. The zero-order valence-corrected chi connectivity index (χ0v) is 12.0. The number of carbonyl (C=O) groups excluding carboxylic acids is 1. The Labute approximate surface area is 125 Å². The second kappa shape index (κ2) is 5.44. The van der Waals surface area contributed by atoms with Gasteiger partial charge in [0.15, 0.2) is 17.4 Å². The molecule has 0 saturated carbocycles. The number of benzene rings is 1. The SMILES string of the molecule is CC(OC(=O)c1ccc(=O)n(C)n1)c1nc2ccccc2o1. The molecule has 0 aliphatic carbocycles. The number of ether oxygens (including phenoxy) is 1. The van der Waals surface area contributed by atoms with Gasteiger partial charge < -0.3 is 9.15 Å². The van der Waals surface area contributed by atoms with Crippen molar-refractivity contribution >= 4 is 17.1 Å². The van der Waals surface area contributed by atoms with E-state index in [0.717, 1.165) is 4.68 Å². The van der Waals surface area contributed by atoms with Gasteiger partial charge in [0.2, 0.25) is 5.89 Å². The van der Waals surface area contributed by atoms with E-state index < -0.39 is 12.1 Å². The molecule has 1 aromatic carbocycles. The first-order chi connectivity index (χ1) is 10.5. The first-order valence-corrected chi connectivity index (χ1v) is 6.65. The molecule has 0 saturated heterocycles. The Kier molecular flexibility index (Phi) is 3.46. The lowest BCUT2D eigenvalue weighted by Gasteiger charge is -2.09. The molecule has 0 N–H and O–H groups in total. The first kappa shape index (κ1) is 14.0. The van der Waals surface area contributed by atoms with E-state index in [9.17, 15) is 9.59 Å². The van der Waals surface area contributed by atoms with Crippen molar-refractivity contribution in [2.45, 2.75) is 13.0 Å². The lowest BCUT2D eigenvalue weighted by Crippen LogP contribution is -2.22. The normalized spacial score (nSPS) is 12.3. The maximum atomic E-state index is 12.0. The molecular formula is C15H13N3O4. The number of rotatable bonds is 3. The minimum Gasteiger partial charge on any atom is -0.448 e. The predicted molar refractivity (Wildman–Crippen MR) is 77.3 cm³/mol. The molecular weight excluding hydrogens is 286 g/mol. The molecule has 0 bridgehead atoms. The van der Waals surface area contributed by atoms with Crippen LogP contribution in [0.5, 0.6) is 0 Å². The van der Waals surface area contributed by atoms with E-state index in [4.69, 9.17) is 9.15 Å². The fraction of sp³-hybridized carbons (Fsp3) is 0.200. The lowest BCUT2D eigenvalue weighted by atomic mass is 10.3. The van der Waals surface area contributed by atoms with Gasteiger partial charge >= 0.3 is 5.97 Å². The molecule has 0 spiro atoms. The van der Waals surface area contributed by atoms with Crippen LogP contribution in [0.3, 0.4) is 0 Å². The number of aryl methyl sites for hydroxylation is 1. The molecule has 0 amide bonds. The van der Waals surface area contributed by atoms with Crippen LogP contribution in [-0.2, 0) is 11.8 Å². The van der Waals surface area contributed by atoms with Crippen molar-refractivity contribution in [1.29, 1.82) is 0 Å². The fourth-order valence-corrected chi connectivity index (χ4v) is 1.95. The number of esters is 1. The highest BCUT2D eigenvalue weighted by atomic mass is 16.6. The number of aromatic nitrogens is 3. The third kappa shape index (κ3) is 2.60. The van der Waals surface area contributed by atoms with Crippen LogP contribution in [0.15, 0.2) is 45.6 Å². The fourth-order valence-electron chi connectivity index (χ4n) is 1.95. The maximum Gasteiger partial charge on any atom is 0.359 e. The zero-order chi connectivity index (χ0) is 15.7. The summed E-state index contributed by atoms with van der Waals surface area (Å²) in [7, 11) is 1.46. The average molecular weight is 299 g/mol. The molecule has 22 heavy (non-hydrogen) atoms. The van der Waals surface area contributed by atoms with E-state index >= 15 is 0 Å². The van der Waals surface area contributed by atoms with Gasteiger partial charge in [0, 0.05) is 13.1 Å². The van der Waals surface area contributed by atoms with E-state index in [1.165, 1.54) is 19.2 Å². The Bertz CT molecular complexity index is 864. The second-order valence-corrected chi connectivity index (χ2v) is 4.75. The average Bonchev–Trinajstić information content (AvgIpc) is 2.94. The molecule has 3 aromatic rings. The van der Waals surface area contributed by atoms with Gasteiger partial charge in [-0.2, -0.15) is 5.10 Å². The Hall–Kier alpha value is -2.96.